The Morgan fingerprint density at radius 3 is 0.865 bits per heavy atom. The third-order valence-electron chi connectivity index (χ3n) is 16.1. The predicted molar refractivity (Wildman–Crippen MR) is 390 cm³/mol. The van der Waals surface area contributed by atoms with Crippen molar-refractivity contribution in [3.05, 3.63) is 72.9 Å². The van der Waals surface area contributed by atoms with Crippen LogP contribution in [0.1, 0.15) is 336 Å². The first-order chi connectivity index (χ1) is 46.7. The quantitative estimate of drug-likeness (QED) is 0.0128. The van der Waals surface area contributed by atoms with E-state index in [-0.39, 0.29) is 25.7 Å². The lowest BCUT2D eigenvalue weighted by molar-refractivity contribution is -0.161. The number of esters is 4. The first-order valence-corrected chi connectivity index (χ1v) is 41.2. The summed E-state index contributed by atoms with van der Waals surface area (Å²) >= 11 is 0. The Kier molecular flexibility index (Phi) is 67.4. The van der Waals surface area contributed by atoms with Gasteiger partial charge in [-0.2, -0.15) is 0 Å². The molecule has 0 fully saturated rings. The lowest BCUT2D eigenvalue weighted by atomic mass is 10.1. The fourth-order valence-corrected chi connectivity index (χ4v) is 11.8. The lowest BCUT2D eigenvalue weighted by Crippen LogP contribution is -2.30. The molecule has 0 aromatic rings. The summed E-state index contributed by atoms with van der Waals surface area (Å²) in [7, 11) is -9.95. The molecule has 0 saturated heterocycles. The molecular weight excluding hydrogens is 1260 g/mol. The van der Waals surface area contributed by atoms with Crippen LogP contribution < -0.4 is 0 Å². The Labute approximate surface area is 583 Å². The third kappa shape index (κ3) is 69.0. The number of rotatable bonds is 72. The van der Waals surface area contributed by atoms with E-state index in [1.807, 2.05) is 0 Å². The van der Waals surface area contributed by atoms with Gasteiger partial charge in [-0.1, -0.05) is 248 Å². The molecule has 17 nitrogen and oxygen atoms in total. The predicted octanol–water partition coefficient (Wildman–Crippen LogP) is 21.7. The normalized spacial score (nSPS) is 14.4. The van der Waals surface area contributed by atoms with Gasteiger partial charge in [-0.25, -0.2) is 9.13 Å². The van der Waals surface area contributed by atoms with Crippen molar-refractivity contribution in [2.24, 2.45) is 0 Å². The van der Waals surface area contributed by atoms with Gasteiger partial charge in [0, 0.05) is 25.7 Å². The minimum Gasteiger partial charge on any atom is -0.462 e. The van der Waals surface area contributed by atoms with E-state index in [4.69, 9.17) is 37.0 Å². The van der Waals surface area contributed by atoms with E-state index >= 15 is 0 Å². The monoisotopic (exact) mass is 1400 g/mol. The summed E-state index contributed by atoms with van der Waals surface area (Å²) in [6.07, 6.45) is 68.9. The molecule has 5 atom stereocenters. The molecule has 0 aliphatic rings. The van der Waals surface area contributed by atoms with Crippen molar-refractivity contribution in [2.45, 2.75) is 354 Å². The van der Waals surface area contributed by atoms with E-state index in [0.717, 1.165) is 161 Å². The van der Waals surface area contributed by atoms with Crippen molar-refractivity contribution in [3.8, 4) is 0 Å². The van der Waals surface area contributed by atoms with Crippen LogP contribution >= 0.6 is 15.6 Å². The van der Waals surface area contributed by atoms with Gasteiger partial charge in [0.1, 0.15) is 19.3 Å². The molecule has 0 aromatic carbocycles. The molecule has 3 N–H and O–H groups in total. The summed E-state index contributed by atoms with van der Waals surface area (Å²) < 4.78 is 68.4. The highest BCUT2D eigenvalue weighted by Crippen LogP contribution is 2.45. The summed E-state index contributed by atoms with van der Waals surface area (Å²) in [5, 5.41) is 10.6. The standard InChI is InChI=1S/C77H138O17P2/c1-5-9-13-17-21-25-29-33-35-39-41-45-49-53-57-61-74(79)87-67-72(93-76(81)63-59-55-51-47-43-37-31-27-23-19-15-11-7-3)69-91-95(83,84)89-65-71(78)66-90-96(85,86)92-70-73(94-77(82)64-60-56-52-48-44-38-32-28-24-20-16-12-8-4)68-88-75(80)62-58-54-50-46-42-40-36-34-30-26-22-18-14-10-6-2/h21,25-28,30-36,71-73,78H,5-20,22-24,29,37-70H2,1-4H3,(H,83,84)(H,85,86)/b25-21-,30-26-,31-27-,32-28-,35-33-,36-34-/t71-,72-,73-/m1/s1. The average Bonchev–Trinajstić information content (AvgIpc) is 1.14. The molecule has 0 heterocycles. The topological polar surface area (TPSA) is 237 Å². The van der Waals surface area contributed by atoms with Crippen LogP contribution in [0.2, 0.25) is 0 Å². The molecule has 0 saturated carbocycles. The SMILES string of the molecule is CCCCC/C=C\C/C=C\CCCCCCCC(=O)OC[C@H](COP(=O)(O)OC[C@@H](O)COP(=O)(O)OC[C@@H](COC(=O)CCCCCCC/C=C\C=C/CCCCCC)OC(=O)CCCCCCC/C=C\CCCCCC)OC(=O)CCCCCCC/C=C\CCCCCC. The smallest absolute Gasteiger partial charge is 0.462 e. The number of hydrogen-bond donors (Lipinski definition) is 3. The Morgan fingerprint density at radius 2 is 0.542 bits per heavy atom. The van der Waals surface area contributed by atoms with Crippen LogP contribution in [-0.2, 0) is 65.4 Å². The number of aliphatic hydroxyl groups excluding tert-OH is 1. The molecule has 19 heteroatoms. The van der Waals surface area contributed by atoms with Crippen molar-refractivity contribution in [2.75, 3.05) is 39.6 Å². The number of ether oxygens (including phenoxy) is 4. The number of allylic oxidation sites excluding steroid dienone is 12. The van der Waals surface area contributed by atoms with E-state index < -0.39 is 97.5 Å². The van der Waals surface area contributed by atoms with Crippen molar-refractivity contribution >= 4 is 39.5 Å². The maximum absolute atomic E-state index is 13.1. The van der Waals surface area contributed by atoms with Crippen molar-refractivity contribution < 1.29 is 80.2 Å². The molecule has 0 radical (unpaired) electrons. The summed E-state index contributed by atoms with van der Waals surface area (Å²) in [4.78, 5) is 72.8. The number of unbranched alkanes of at least 4 members (excludes halogenated alkanes) is 35. The van der Waals surface area contributed by atoms with Crippen molar-refractivity contribution in [1.29, 1.82) is 0 Å². The molecule has 96 heavy (non-hydrogen) atoms. The van der Waals surface area contributed by atoms with Crippen LogP contribution in [0.5, 0.6) is 0 Å². The first kappa shape index (κ1) is 92.5. The average molecular weight is 1400 g/mol. The molecular formula is C77H138O17P2. The summed E-state index contributed by atoms with van der Waals surface area (Å²) in [6, 6.07) is 0. The zero-order valence-corrected chi connectivity index (χ0v) is 62.6. The molecule has 0 amide bonds. The van der Waals surface area contributed by atoms with E-state index in [2.05, 4.69) is 101 Å². The molecule has 2 unspecified atom stereocenters. The van der Waals surface area contributed by atoms with E-state index in [0.29, 0.717) is 25.7 Å². The van der Waals surface area contributed by atoms with Crippen LogP contribution in [0.3, 0.4) is 0 Å². The van der Waals surface area contributed by atoms with E-state index in [1.54, 1.807) is 0 Å². The molecule has 0 aliphatic carbocycles. The van der Waals surface area contributed by atoms with Gasteiger partial charge in [0.25, 0.3) is 0 Å². The van der Waals surface area contributed by atoms with Crippen molar-refractivity contribution in [1.82, 2.24) is 0 Å². The minimum atomic E-state index is -4.97. The lowest BCUT2D eigenvalue weighted by Gasteiger charge is -2.21. The molecule has 0 aromatic heterocycles. The summed E-state index contributed by atoms with van der Waals surface area (Å²) in [5.41, 5.74) is 0. The number of phosphoric acid groups is 2. The summed E-state index contributed by atoms with van der Waals surface area (Å²) in [6.45, 7) is 4.78. The van der Waals surface area contributed by atoms with Crippen LogP contribution in [-0.4, -0.2) is 96.7 Å². The van der Waals surface area contributed by atoms with Crippen LogP contribution in [0.4, 0.5) is 0 Å². The van der Waals surface area contributed by atoms with Gasteiger partial charge in [0.15, 0.2) is 12.2 Å². The minimum absolute atomic E-state index is 0.0835. The van der Waals surface area contributed by atoms with Crippen LogP contribution in [0.25, 0.3) is 0 Å². The highest BCUT2D eigenvalue weighted by atomic mass is 31.2. The maximum atomic E-state index is 13.1. The molecule has 558 valence electrons. The zero-order chi connectivity index (χ0) is 70.4. The molecule has 0 aliphatic heterocycles. The Balaban J connectivity index is 5.35. The number of phosphoric ester groups is 2. The summed E-state index contributed by atoms with van der Waals surface area (Å²) in [5.74, 6) is -2.21. The number of carbonyl (C=O) groups is 4. The molecule has 0 spiro atoms. The van der Waals surface area contributed by atoms with Gasteiger partial charge in [-0.3, -0.25) is 37.3 Å². The fraction of sp³-hybridized carbons (Fsp3) is 0.792. The number of carbonyl (C=O) groups excluding carboxylic acids is 4. The zero-order valence-electron chi connectivity index (χ0n) is 60.8. The van der Waals surface area contributed by atoms with Gasteiger partial charge in [0.05, 0.1) is 26.4 Å². The van der Waals surface area contributed by atoms with Gasteiger partial charge in [0.2, 0.25) is 0 Å². The highest BCUT2D eigenvalue weighted by molar-refractivity contribution is 7.47. The van der Waals surface area contributed by atoms with Gasteiger partial charge >= 0.3 is 39.5 Å². The second kappa shape index (κ2) is 70.0. The molecule has 0 rings (SSSR count). The second-order valence-corrected chi connectivity index (χ2v) is 28.5. The van der Waals surface area contributed by atoms with Gasteiger partial charge in [-0.15, -0.1) is 0 Å². The third-order valence-corrected chi connectivity index (χ3v) is 18.0. The van der Waals surface area contributed by atoms with Gasteiger partial charge < -0.3 is 33.8 Å². The molecule has 0 bridgehead atoms. The van der Waals surface area contributed by atoms with Crippen LogP contribution in [0, 0.1) is 0 Å². The Hall–Kier alpha value is -3.50. The van der Waals surface area contributed by atoms with Gasteiger partial charge in [-0.05, 0) is 135 Å². The Morgan fingerprint density at radius 1 is 0.302 bits per heavy atom. The van der Waals surface area contributed by atoms with Crippen molar-refractivity contribution in [3.63, 3.8) is 0 Å². The largest absolute Gasteiger partial charge is 0.472 e. The van der Waals surface area contributed by atoms with E-state index in [1.165, 1.54) is 96.3 Å². The highest BCUT2D eigenvalue weighted by Gasteiger charge is 2.30. The number of hydrogen-bond acceptors (Lipinski definition) is 15. The Bertz CT molecular complexity index is 2110. The van der Waals surface area contributed by atoms with E-state index in [9.17, 15) is 43.2 Å². The number of aliphatic hydroxyl groups is 1. The first-order valence-electron chi connectivity index (χ1n) is 38.2. The van der Waals surface area contributed by atoms with Crippen LogP contribution in [0.15, 0.2) is 72.9 Å². The second-order valence-electron chi connectivity index (χ2n) is 25.6. The fourth-order valence-electron chi connectivity index (χ4n) is 10.2. The maximum Gasteiger partial charge on any atom is 0.472 e.